The fourth-order valence-corrected chi connectivity index (χ4v) is 2.65. The lowest BCUT2D eigenvalue weighted by Gasteiger charge is -2.31. The van der Waals surface area contributed by atoms with E-state index >= 15 is 0 Å². The van der Waals surface area contributed by atoms with Crippen molar-refractivity contribution in [1.82, 2.24) is 10.3 Å². The fourth-order valence-electron chi connectivity index (χ4n) is 2.65. The summed E-state index contributed by atoms with van der Waals surface area (Å²) in [4.78, 5) is 4.34. The maximum absolute atomic E-state index is 9.54. The predicted molar refractivity (Wildman–Crippen MR) is 85.6 cm³/mol. The van der Waals surface area contributed by atoms with Crippen LogP contribution in [0, 0.1) is 0 Å². The van der Waals surface area contributed by atoms with Crippen molar-refractivity contribution in [2.24, 2.45) is 0 Å². The first-order valence-electron chi connectivity index (χ1n) is 7.43. The van der Waals surface area contributed by atoms with Gasteiger partial charge in [-0.15, -0.1) is 0 Å². The molecule has 21 heavy (non-hydrogen) atoms. The third kappa shape index (κ3) is 4.16. The largest absolute Gasteiger partial charge is 0.491 e. The van der Waals surface area contributed by atoms with Gasteiger partial charge in [0, 0.05) is 29.6 Å². The summed E-state index contributed by atoms with van der Waals surface area (Å²) in [5, 5.41) is 14.0. The van der Waals surface area contributed by atoms with Crippen molar-refractivity contribution in [2.75, 3.05) is 13.2 Å². The van der Waals surface area contributed by atoms with Crippen LogP contribution in [0.25, 0.3) is 10.9 Å². The highest BCUT2D eigenvalue weighted by molar-refractivity contribution is 5.79. The number of likely N-dealkylation sites (N-methyl/N-ethyl adjacent to an activating group) is 1. The number of hydrogen-bond donors (Lipinski definition) is 2. The maximum atomic E-state index is 9.54. The second-order valence-corrected chi connectivity index (χ2v) is 5.74. The number of nitrogens with zero attached hydrogens (tertiary/aromatic N) is 1. The van der Waals surface area contributed by atoms with E-state index in [1.807, 2.05) is 51.1 Å². The van der Waals surface area contributed by atoms with Crippen LogP contribution < -0.4 is 10.1 Å². The first-order valence-corrected chi connectivity index (χ1v) is 7.43. The van der Waals surface area contributed by atoms with Crippen LogP contribution in [0.4, 0.5) is 0 Å². The number of pyridine rings is 1. The quantitative estimate of drug-likeness (QED) is 0.822. The summed E-state index contributed by atoms with van der Waals surface area (Å²) in [6.07, 6.45) is 2.52. The minimum Gasteiger partial charge on any atom is -0.491 e. The molecule has 0 aliphatic carbocycles. The molecule has 1 aromatic heterocycles. The van der Waals surface area contributed by atoms with E-state index in [9.17, 15) is 5.11 Å². The molecule has 2 aromatic rings. The molecule has 1 heterocycles. The maximum Gasteiger partial charge on any atom is 0.121 e. The molecule has 1 aromatic carbocycles. The lowest BCUT2D eigenvalue weighted by molar-refractivity contribution is 0.111. The fraction of sp³-hybridized carbons (Fsp3) is 0.471. The van der Waals surface area contributed by atoms with Crippen LogP contribution in [0.2, 0.25) is 0 Å². The van der Waals surface area contributed by atoms with E-state index in [0.717, 1.165) is 29.6 Å². The Balaban J connectivity index is 2.05. The highest BCUT2D eigenvalue weighted by Crippen LogP contribution is 2.22. The van der Waals surface area contributed by atoms with E-state index in [0.29, 0.717) is 0 Å². The second kappa shape index (κ2) is 6.87. The Kier molecular flexibility index (Phi) is 5.15. The van der Waals surface area contributed by atoms with Gasteiger partial charge in [0.05, 0.1) is 18.2 Å². The summed E-state index contributed by atoms with van der Waals surface area (Å²) < 4.78 is 5.98. The molecule has 2 atom stereocenters. The van der Waals surface area contributed by atoms with Gasteiger partial charge in [0.25, 0.3) is 0 Å². The molecular formula is C17H24N2O2. The monoisotopic (exact) mass is 288 g/mol. The average molecular weight is 288 g/mol. The molecular weight excluding hydrogens is 264 g/mol. The van der Waals surface area contributed by atoms with Gasteiger partial charge in [0.15, 0.2) is 0 Å². The van der Waals surface area contributed by atoms with E-state index in [2.05, 4.69) is 10.3 Å². The van der Waals surface area contributed by atoms with Gasteiger partial charge in [-0.05, 0) is 38.6 Å². The number of aliphatic hydroxyl groups excluding tert-OH is 1. The smallest absolute Gasteiger partial charge is 0.121 e. The van der Waals surface area contributed by atoms with E-state index in [-0.39, 0.29) is 18.2 Å². The molecule has 114 valence electrons. The van der Waals surface area contributed by atoms with Gasteiger partial charge in [0.1, 0.15) is 5.75 Å². The van der Waals surface area contributed by atoms with Gasteiger partial charge >= 0.3 is 0 Å². The first kappa shape index (κ1) is 15.7. The number of aliphatic hydroxyl groups is 1. The number of benzene rings is 1. The molecule has 2 rings (SSSR count). The number of aromatic nitrogens is 1. The zero-order valence-corrected chi connectivity index (χ0v) is 13.0. The molecule has 4 nitrogen and oxygen atoms in total. The summed E-state index contributed by atoms with van der Waals surface area (Å²) in [5.74, 6) is 0.811. The van der Waals surface area contributed by atoms with Gasteiger partial charge in [-0.25, -0.2) is 0 Å². The minimum absolute atomic E-state index is 0.00219. The zero-order chi connectivity index (χ0) is 15.3. The van der Waals surface area contributed by atoms with Crippen molar-refractivity contribution in [3.8, 4) is 5.75 Å². The SMILES string of the molecule is CCNC(C)(CO)CC(C)Oc1ccc2cccnc2c1. The van der Waals surface area contributed by atoms with Crippen molar-refractivity contribution in [1.29, 1.82) is 0 Å². The normalized spacial score (nSPS) is 15.6. The predicted octanol–water partition coefficient (Wildman–Crippen LogP) is 2.75. The first-order chi connectivity index (χ1) is 10.1. The zero-order valence-electron chi connectivity index (χ0n) is 13.0. The van der Waals surface area contributed by atoms with E-state index in [4.69, 9.17) is 4.74 Å². The van der Waals surface area contributed by atoms with E-state index in [1.54, 1.807) is 6.20 Å². The highest BCUT2D eigenvalue weighted by Gasteiger charge is 2.25. The molecule has 4 heteroatoms. The summed E-state index contributed by atoms with van der Waals surface area (Å²) in [6, 6.07) is 9.89. The molecule has 0 amide bonds. The van der Waals surface area contributed by atoms with Crippen LogP contribution in [-0.2, 0) is 0 Å². The summed E-state index contributed by atoms with van der Waals surface area (Å²) in [6.45, 7) is 6.98. The molecule has 0 bridgehead atoms. The van der Waals surface area contributed by atoms with Crippen LogP contribution in [0.3, 0.4) is 0 Å². The van der Waals surface area contributed by atoms with Crippen molar-refractivity contribution in [3.05, 3.63) is 36.5 Å². The van der Waals surface area contributed by atoms with Crippen LogP contribution in [0.5, 0.6) is 5.75 Å². The second-order valence-electron chi connectivity index (χ2n) is 5.74. The van der Waals surface area contributed by atoms with Gasteiger partial charge in [-0.2, -0.15) is 0 Å². The van der Waals surface area contributed by atoms with Gasteiger partial charge in [-0.3, -0.25) is 4.98 Å². The van der Waals surface area contributed by atoms with Crippen LogP contribution >= 0.6 is 0 Å². The van der Waals surface area contributed by atoms with Crippen molar-refractivity contribution in [2.45, 2.75) is 38.8 Å². The molecule has 0 aliphatic rings. The molecule has 0 spiro atoms. The van der Waals surface area contributed by atoms with Gasteiger partial charge < -0.3 is 15.2 Å². The Labute approximate surface area is 126 Å². The van der Waals surface area contributed by atoms with E-state index in [1.165, 1.54) is 0 Å². The third-order valence-electron chi connectivity index (χ3n) is 3.61. The number of fused-ring (bicyclic) bond motifs is 1. The number of hydrogen-bond acceptors (Lipinski definition) is 4. The Bertz CT molecular complexity index is 588. The molecule has 0 aliphatic heterocycles. The van der Waals surface area contributed by atoms with Crippen LogP contribution in [-0.4, -0.2) is 34.9 Å². The summed E-state index contributed by atoms with van der Waals surface area (Å²) >= 11 is 0. The highest BCUT2D eigenvalue weighted by atomic mass is 16.5. The third-order valence-corrected chi connectivity index (χ3v) is 3.61. The van der Waals surface area contributed by atoms with Gasteiger partial charge in [-0.1, -0.05) is 13.0 Å². The van der Waals surface area contributed by atoms with Crippen LogP contribution in [0.15, 0.2) is 36.5 Å². The number of nitrogens with one attached hydrogen (secondary N) is 1. The number of rotatable bonds is 7. The molecule has 2 unspecified atom stereocenters. The lowest BCUT2D eigenvalue weighted by Crippen LogP contribution is -2.48. The summed E-state index contributed by atoms with van der Waals surface area (Å²) in [7, 11) is 0. The Hall–Kier alpha value is -1.65. The number of ether oxygens (including phenoxy) is 1. The Morgan fingerprint density at radius 2 is 2.19 bits per heavy atom. The molecule has 0 saturated heterocycles. The Morgan fingerprint density at radius 1 is 1.38 bits per heavy atom. The lowest BCUT2D eigenvalue weighted by atomic mass is 9.95. The molecule has 0 radical (unpaired) electrons. The topological polar surface area (TPSA) is 54.4 Å². The molecule has 2 N–H and O–H groups in total. The Morgan fingerprint density at radius 3 is 2.90 bits per heavy atom. The van der Waals surface area contributed by atoms with Crippen molar-refractivity contribution < 1.29 is 9.84 Å². The standard InChI is InChI=1S/C17H24N2O2/c1-4-19-17(3,12-20)11-13(2)21-15-8-7-14-6-5-9-18-16(14)10-15/h5-10,13,19-20H,4,11-12H2,1-3H3. The summed E-state index contributed by atoms with van der Waals surface area (Å²) in [5.41, 5.74) is 0.613. The average Bonchev–Trinajstić information content (AvgIpc) is 2.47. The van der Waals surface area contributed by atoms with Gasteiger partial charge in [0.2, 0.25) is 0 Å². The molecule has 0 saturated carbocycles. The van der Waals surface area contributed by atoms with Crippen LogP contribution in [0.1, 0.15) is 27.2 Å². The van der Waals surface area contributed by atoms with Crippen molar-refractivity contribution >= 4 is 10.9 Å². The minimum atomic E-state index is -0.316. The van der Waals surface area contributed by atoms with Crippen molar-refractivity contribution in [3.63, 3.8) is 0 Å². The molecule has 0 fully saturated rings. The van der Waals surface area contributed by atoms with E-state index < -0.39 is 0 Å².